The molecule has 1 N–H and O–H groups in total. The molecule has 0 atom stereocenters. The van der Waals surface area contributed by atoms with Crippen molar-refractivity contribution in [3.05, 3.63) is 51.9 Å². The third kappa shape index (κ3) is 5.11. The van der Waals surface area contributed by atoms with Crippen LogP contribution in [0.4, 0.5) is 5.95 Å². The SMILES string of the molecule is Cn1c(=O)c(-c2ccccc2Cl)cc2cnc(NC3CCN(CCS(C)(=O)=O)CC3)nc21. The van der Waals surface area contributed by atoms with Crippen molar-refractivity contribution >= 4 is 38.4 Å². The van der Waals surface area contributed by atoms with Crippen molar-refractivity contribution in [2.45, 2.75) is 18.9 Å². The Morgan fingerprint density at radius 2 is 1.91 bits per heavy atom. The molecule has 32 heavy (non-hydrogen) atoms. The van der Waals surface area contributed by atoms with Crippen LogP contribution in [0.25, 0.3) is 22.2 Å². The summed E-state index contributed by atoms with van der Waals surface area (Å²) in [5, 5.41) is 4.64. The number of nitrogens with zero attached hydrogens (tertiary/aromatic N) is 4. The summed E-state index contributed by atoms with van der Waals surface area (Å²) >= 11 is 6.30. The van der Waals surface area contributed by atoms with Gasteiger partial charge < -0.3 is 10.2 Å². The van der Waals surface area contributed by atoms with Gasteiger partial charge >= 0.3 is 0 Å². The first-order chi connectivity index (χ1) is 15.2. The molecule has 170 valence electrons. The maximum atomic E-state index is 13.0. The number of anilines is 1. The maximum Gasteiger partial charge on any atom is 0.259 e. The smallest absolute Gasteiger partial charge is 0.259 e. The summed E-state index contributed by atoms with van der Waals surface area (Å²) in [6, 6.07) is 9.24. The van der Waals surface area contributed by atoms with Crippen molar-refractivity contribution in [2.75, 3.05) is 37.0 Å². The predicted molar refractivity (Wildman–Crippen MR) is 128 cm³/mol. The van der Waals surface area contributed by atoms with Gasteiger partial charge in [-0.15, -0.1) is 0 Å². The highest BCUT2D eigenvalue weighted by molar-refractivity contribution is 7.90. The number of hydrogen-bond donors (Lipinski definition) is 1. The molecule has 0 saturated carbocycles. The molecule has 1 aliphatic rings. The van der Waals surface area contributed by atoms with Crippen molar-refractivity contribution in [3.8, 4) is 11.1 Å². The predicted octanol–water partition coefficient (Wildman–Crippen LogP) is 2.57. The zero-order valence-corrected chi connectivity index (χ0v) is 19.7. The lowest BCUT2D eigenvalue weighted by atomic mass is 10.1. The monoisotopic (exact) mass is 475 g/mol. The van der Waals surface area contributed by atoms with E-state index in [0.717, 1.165) is 31.3 Å². The van der Waals surface area contributed by atoms with Gasteiger partial charge in [0.15, 0.2) is 0 Å². The molecule has 3 aromatic rings. The number of pyridine rings is 1. The van der Waals surface area contributed by atoms with E-state index in [2.05, 4.69) is 20.2 Å². The van der Waals surface area contributed by atoms with Crippen molar-refractivity contribution in [3.63, 3.8) is 0 Å². The Bertz CT molecular complexity index is 1300. The Labute approximate surface area is 192 Å². The molecule has 0 spiro atoms. The zero-order valence-electron chi connectivity index (χ0n) is 18.1. The first-order valence-electron chi connectivity index (χ1n) is 10.5. The lowest BCUT2D eigenvalue weighted by Crippen LogP contribution is -2.41. The van der Waals surface area contributed by atoms with Crippen LogP contribution in [0, 0.1) is 0 Å². The standard InChI is InChI=1S/C22H26ClN5O3S/c1-27-20-15(13-18(21(27)29)17-5-3-4-6-19(17)23)14-24-22(26-20)25-16-7-9-28(10-8-16)11-12-32(2,30)31/h3-6,13-14,16H,7-12H2,1-2H3,(H,24,25,26). The van der Waals surface area contributed by atoms with Crippen molar-refractivity contribution < 1.29 is 8.42 Å². The maximum absolute atomic E-state index is 13.0. The lowest BCUT2D eigenvalue weighted by molar-refractivity contribution is 0.230. The highest BCUT2D eigenvalue weighted by Crippen LogP contribution is 2.27. The zero-order chi connectivity index (χ0) is 22.9. The highest BCUT2D eigenvalue weighted by atomic mass is 35.5. The van der Waals surface area contributed by atoms with E-state index in [1.807, 2.05) is 18.2 Å². The van der Waals surface area contributed by atoms with Crippen LogP contribution < -0.4 is 10.9 Å². The Hall–Kier alpha value is -2.49. The number of fused-ring (bicyclic) bond motifs is 1. The molecular formula is C22H26ClN5O3S. The quantitative estimate of drug-likeness (QED) is 0.585. The van der Waals surface area contributed by atoms with Gasteiger partial charge in [-0.1, -0.05) is 29.8 Å². The average molecular weight is 476 g/mol. The normalized spacial score (nSPS) is 15.8. The Morgan fingerprint density at radius 3 is 2.59 bits per heavy atom. The van der Waals surface area contributed by atoms with E-state index in [9.17, 15) is 13.2 Å². The van der Waals surface area contributed by atoms with Crippen molar-refractivity contribution in [2.24, 2.45) is 7.05 Å². The molecule has 1 aromatic carbocycles. The van der Waals surface area contributed by atoms with Crippen molar-refractivity contribution in [1.29, 1.82) is 0 Å². The number of nitrogens with one attached hydrogen (secondary N) is 1. The van der Waals surface area contributed by atoms with Crippen LogP contribution >= 0.6 is 11.6 Å². The summed E-state index contributed by atoms with van der Waals surface area (Å²) in [5.74, 6) is 0.663. The molecular weight excluding hydrogens is 450 g/mol. The number of aryl methyl sites for hydroxylation is 1. The van der Waals surface area contributed by atoms with E-state index in [-0.39, 0.29) is 17.4 Å². The number of benzene rings is 1. The number of rotatable bonds is 6. The highest BCUT2D eigenvalue weighted by Gasteiger charge is 2.21. The summed E-state index contributed by atoms with van der Waals surface area (Å²) in [5.41, 5.74) is 1.57. The molecule has 0 bridgehead atoms. The van der Waals surface area contributed by atoms with Crippen LogP contribution in [-0.4, -0.2) is 65.5 Å². The average Bonchev–Trinajstić information content (AvgIpc) is 2.76. The van der Waals surface area contributed by atoms with E-state index in [4.69, 9.17) is 11.6 Å². The molecule has 1 aliphatic heterocycles. The molecule has 2 aromatic heterocycles. The topological polar surface area (TPSA) is 97.2 Å². The molecule has 1 fully saturated rings. The molecule has 0 aliphatic carbocycles. The lowest BCUT2D eigenvalue weighted by Gasteiger charge is -2.32. The van der Waals surface area contributed by atoms with E-state index < -0.39 is 9.84 Å². The van der Waals surface area contributed by atoms with Gasteiger partial charge in [0.2, 0.25) is 5.95 Å². The molecule has 8 nitrogen and oxygen atoms in total. The fraction of sp³-hybridized carbons (Fsp3) is 0.409. The summed E-state index contributed by atoms with van der Waals surface area (Å²) < 4.78 is 24.3. The van der Waals surface area contributed by atoms with Crippen LogP contribution in [0.1, 0.15) is 12.8 Å². The van der Waals surface area contributed by atoms with Gasteiger partial charge in [-0.2, -0.15) is 4.98 Å². The summed E-state index contributed by atoms with van der Waals surface area (Å²) in [6.45, 7) is 2.20. The first-order valence-corrected chi connectivity index (χ1v) is 12.9. The first kappa shape index (κ1) is 22.7. The molecule has 0 amide bonds. The second kappa shape index (κ2) is 9.17. The van der Waals surface area contributed by atoms with E-state index in [1.165, 1.54) is 10.8 Å². The number of aromatic nitrogens is 3. The van der Waals surface area contributed by atoms with Gasteiger partial charge in [-0.05, 0) is 25.0 Å². The van der Waals surface area contributed by atoms with E-state index in [1.54, 1.807) is 25.4 Å². The third-order valence-electron chi connectivity index (χ3n) is 5.81. The van der Waals surface area contributed by atoms with Gasteiger partial charge in [0.25, 0.3) is 5.56 Å². The van der Waals surface area contributed by atoms with Crippen LogP contribution in [0.3, 0.4) is 0 Å². The summed E-state index contributed by atoms with van der Waals surface area (Å²) in [4.78, 5) is 24.2. The number of hydrogen-bond acceptors (Lipinski definition) is 7. The minimum Gasteiger partial charge on any atom is -0.351 e. The second-order valence-corrected chi connectivity index (χ2v) is 10.9. The Morgan fingerprint density at radius 1 is 1.19 bits per heavy atom. The van der Waals surface area contributed by atoms with Crippen LogP contribution in [0.2, 0.25) is 5.02 Å². The van der Waals surface area contributed by atoms with Gasteiger partial charge in [0, 0.05) is 66.7 Å². The van der Waals surface area contributed by atoms with Crippen molar-refractivity contribution in [1.82, 2.24) is 19.4 Å². The fourth-order valence-corrected chi connectivity index (χ4v) is 4.79. The molecule has 3 heterocycles. The summed E-state index contributed by atoms with van der Waals surface area (Å²) in [6.07, 6.45) is 4.72. The van der Waals surface area contributed by atoms with Crippen LogP contribution in [-0.2, 0) is 16.9 Å². The van der Waals surface area contributed by atoms with Crippen LogP contribution in [0.5, 0.6) is 0 Å². The molecule has 0 unspecified atom stereocenters. The van der Waals surface area contributed by atoms with Crippen LogP contribution in [0.15, 0.2) is 41.3 Å². The van der Waals surface area contributed by atoms with Gasteiger partial charge in [-0.25, -0.2) is 13.4 Å². The number of sulfone groups is 1. The van der Waals surface area contributed by atoms with E-state index >= 15 is 0 Å². The number of likely N-dealkylation sites (tertiary alicyclic amines) is 1. The largest absolute Gasteiger partial charge is 0.351 e. The molecule has 4 rings (SSSR count). The fourth-order valence-electron chi connectivity index (χ4n) is 3.97. The van der Waals surface area contributed by atoms with E-state index in [0.29, 0.717) is 34.3 Å². The van der Waals surface area contributed by atoms with Gasteiger partial charge in [0.1, 0.15) is 15.5 Å². The minimum atomic E-state index is -2.95. The number of piperidine rings is 1. The molecule has 10 heteroatoms. The minimum absolute atomic E-state index is 0.172. The number of halogens is 1. The Kier molecular flexibility index (Phi) is 6.50. The van der Waals surface area contributed by atoms with Gasteiger partial charge in [-0.3, -0.25) is 9.36 Å². The summed E-state index contributed by atoms with van der Waals surface area (Å²) in [7, 11) is -1.25. The third-order valence-corrected chi connectivity index (χ3v) is 7.07. The van der Waals surface area contributed by atoms with Gasteiger partial charge in [0.05, 0.1) is 5.75 Å². The Balaban J connectivity index is 1.50. The second-order valence-electron chi connectivity index (χ2n) is 8.26. The molecule has 1 saturated heterocycles. The molecule has 0 radical (unpaired) electrons.